The van der Waals surface area contributed by atoms with Gasteiger partial charge in [-0.25, -0.2) is 0 Å². The molecule has 0 radical (unpaired) electrons. The van der Waals surface area contributed by atoms with Crippen LogP contribution in [0.5, 0.6) is 0 Å². The third kappa shape index (κ3) is 5.58. The number of rotatable bonds is 5. The third-order valence-electron chi connectivity index (χ3n) is 3.67. The van der Waals surface area contributed by atoms with Crippen molar-refractivity contribution in [1.82, 2.24) is 0 Å². The van der Waals surface area contributed by atoms with Gasteiger partial charge in [0.15, 0.2) is 5.96 Å². The normalized spacial score (nSPS) is 13.8. The lowest BCUT2D eigenvalue weighted by atomic mass is 9.90. The van der Waals surface area contributed by atoms with Crippen LogP contribution >= 0.6 is 24.0 Å². The van der Waals surface area contributed by atoms with Gasteiger partial charge in [0, 0.05) is 18.7 Å². The monoisotopic (exact) mass is 397 g/mol. The summed E-state index contributed by atoms with van der Waals surface area (Å²) >= 11 is 0. The number of nitrogens with two attached hydrogens (primary N) is 1. The first-order valence-corrected chi connectivity index (χ1v) is 7.42. The summed E-state index contributed by atoms with van der Waals surface area (Å²) in [5.41, 5.74) is 9.92. The summed E-state index contributed by atoms with van der Waals surface area (Å²) in [6.07, 6.45) is 12.9. The number of terminal acetylenes is 1. The average molecular weight is 397 g/mol. The second-order valence-corrected chi connectivity index (χ2v) is 5.20. The molecule has 0 amide bonds. The number of nitrogens with zero attached hydrogens (tertiary/aromatic N) is 1. The van der Waals surface area contributed by atoms with Crippen LogP contribution < -0.4 is 11.1 Å². The molecular formula is C17H24IN3. The quantitative estimate of drug-likeness (QED) is 0.262. The SMILES string of the molecule is C#CCCCCN=C(N)Nc1cccc2c1CCCC2.I. The molecule has 0 bridgehead atoms. The minimum atomic E-state index is 0. The topological polar surface area (TPSA) is 50.4 Å². The summed E-state index contributed by atoms with van der Waals surface area (Å²) in [5, 5.41) is 3.25. The molecule has 0 aliphatic heterocycles. The van der Waals surface area contributed by atoms with Crippen molar-refractivity contribution in [3.05, 3.63) is 29.3 Å². The van der Waals surface area contributed by atoms with Crippen molar-refractivity contribution in [2.24, 2.45) is 10.7 Å². The van der Waals surface area contributed by atoms with Crippen LogP contribution in [0, 0.1) is 12.3 Å². The molecule has 1 aromatic rings. The molecule has 1 aromatic carbocycles. The lowest BCUT2D eigenvalue weighted by Gasteiger charge is -2.19. The Hall–Kier alpha value is -1.22. The van der Waals surface area contributed by atoms with Gasteiger partial charge in [-0.15, -0.1) is 36.3 Å². The number of fused-ring (bicyclic) bond motifs is 1. The summed E-state index contributed by atoms with van der Waals surface area (Å²) in [7, 11) is 0. The van der Waals surface area contributed by atoms with Crippen LogP contribution in [0.2, 0.25) is 0 Å². The van der Waals surface area contributed by atoms with Gasteiger partial charge in [0.25, 0.3) is 0 Å². The molecule has 0 heterocycles. The van der Waals surface area contributed by atoms with Crippen LogP contribution in [0.15, 0.2) is 23.2 Å². The van der Waals surface area contributed by atoms with E-state index in [1.807, 2.05) is 0 Å². The standard InChI is InChI=1S/C17H23N3.HI/c1-2-3-4-7-13-19-17(18)20-16-12-8-10-14-9-5-6-11-15(14)16;/h1,8,10,12H,3-7,9,11,13H2,(H3,18,19,20);1H. The Balaban J connectivity index is 0.00000220. The zero-order valence-electron chi connectivity index (χ0n) is 12.4. The number of unbranched alkanes of at least 4 members (excludes halogenated alkanes) is 2. The smallest absolute Gasteiger partial charge is 0.193 e. The predicted octanol–water partition coefficient (Wildman–Crippen LogP) is 3.71. The van der Waals surface area contributed by atoms with Gasteiger partial charge in [0.2, 0.25) is 0 Å². The van der Waals surface area contributed by atoms with E-state index in [2.05, 4.69) is 34.4 Å². The van der Waals surface area contributed by atoms with Gasteiger partial charge in [-0.3, -0.25) is 4.99 Å². The van der Waals surface area contributed by atoms with Gasteiger partial charge < -0.3 is 11.1 Å². The number of anilines is 1. The lowest BCUT2D eigenvalue weighted by Crippen LogP contribution is -2.24. The highest BCUT2D eigenvalue weighted by atomic mass is 127. The second kappa shape index (κ2) is 9.67. The molecule has 0 aromatic heterocycles. The summed E-state index contributed by atoms with van der Waals surface area (Å²) in [4.78, 5) is 4.35. The lowest BCUT2D eigenvalue weighted by molar-refractivity contribution is 0.687. The van der Waals surface area contributed by atoms with E-state index in [1.54, 1.807) is 0 Å². The Morgan fingerprint density at radius 1 is 1.29 bits per heavy atom. The van der Waals surface area contributed by atoms with Gasteiger partial charge in [-0.05, 0) is 55.7 Å². The van der Waals surface area contributed by atoms with Crippen LogP contribution in [0.25, 0.3) is 0 Å². The van der Waals surface area contributed by atoms with E-state index < -0.39 is 0 Å². The first-order chi connectivity index (χ1) is 9.81. The van der Waals surface area contributed by atoms with Crippen molar-refractivity contribution in [2.75, 3.05) is 11.9 Å². The third-order valence-corrected chi connectivity index (χ3v) is 3.67. The molecule has 1 aliphatic rings. The van der Waals surface area contributed by atoms with Crippen LogP contribution in [0.4, 0.5) is 5.69 Å². The Morgan fingerprint density at radius 2 is 2.10 bits per heavy atom. The van der Waals surface area contributed by atoms with Gasteiger partial charge in [0.05, 0.1) is 0 Å². The molecule has 1 aliphatic carbocycles. The highest BCUT2D eigenvalue weighted by Crippen LogP contribution is 2.27. The Labute approximate surface area is 144 Å². The number of aryl methyl sites for hydroxylation is 1. The van der Waals surface area contributed by atoms with Crippen LogP contribution in [0.3, 0.4) is 0 Å². The zero-order valence-corrected chi connectivity index (χ0v) is 14.7. The maximum Gasteiger partial charge on any atom is 0.193 e. The summed E-state index contributed by atoms with van der Waals surface area (Å²) in [6, 6.07) is 6.39. The highest BCUT2D eigenvalue weighted by molar-refractivity contribution is 14.0. The molecule has 3 nitrogen and oxygen atoms in total. The Morgan fingerprint density at radius 3 is 2.90 bits per heavy atom. The molecule has 0 unspecified atom stereocenters. The van der Waals surface area contributed by atoms with Crippen LogP contribution in [-0.2, 0) is 12.8 Å². The Kier molecular flexibility index (Phi) is 8.21. The maximum absolute atomic E-state index is 5.95. The van der Waals surface area contributed by atoms with Crippen molar-refractivity contribution in [3.8, 4) is 12.3 Å². The number of halogens is 1. The summed E-state index contributed by atoms with van der Waals surface area (Å²) in [6.45, 7) is 0.732. The van der Waals surface area contributed by atoms with Crippen molar-refractivity contribution < 1.29 is 0 Å². The van der Waals surface area contributed by atoms with Gasteiger partial charge in [-0.1, -0.05) is 12.1 Å². The van der Waals surface area contributed by atoms with E-state index in [9.17, 15) is 0 Å². The molecule has 0 fully saturated rings. The largest absolute Gasteiger partial charge is 0.370 e. The first-order valence-electron chi connectivity index (χ1n) is 7.42. The van der Waals surface area contributed by atoms with Gasteiger partial charge in [-0.2, -0.15) is 0 Å². The van der Waals surface area contributed by atoms with Crippen molar-refractivity contribution >= 4 is 35.6 Å². The highest BCUT2D eigenvalue weighted by Gasteiger charge is 2.12. The number of nitrogens with one attached hydrogen (secondary N) is 1. The zero-order chi connectivity index (χ0) is 14.2. The summed E-state index contributed by atoms with van der Waals surface area (Å²) < 4.78 is 0. The van der Waals surface area contributed by atoms with Crippen molar-refractivity contribution in [3.63, 3.8) is 0 Å². The second-order valence-electron chi connectivity index (χ2n) is 5.20. The molecule has 0 spiro atoms. The van der Waals surface area contributed by atoms with Crippen LogP contribution in [0.1, 0.15) is 43.2 Å². The predicted molar refractivity (Wildman–Crippen MR) is 101 cm³/mol. The summed E-state index contributed by atoms with van der Waals surface area (Å²) in [5.74, 6) is 3.14. The first kappa shape index (κ1) is 17.8. The molecule has 114 valence electrons. The molecule has 21 heavy (non-hydrogen) atoms. The number of hydrogen-bond acceptors (Lipinski definition) is 1. The molecule has 3 N–H and O–H groups in total. The van der Waals surface area contributed by atoms with Crippen molar-refractivity contribution in [2.45, 2.75) is 44.9 Å². The fourth-order valence-electron chi connectivity index (χ4n) is 2.61. The van der Waals surface area contributed by atoms with E-state index in [0.29, 0.717) is 5.96 Å². The molecular weight excluding hydrogens is 373 g/mol. The average Bonchev–Trinajstić information content (AvgIpc) is 2.47. The Bertz CT molecular complexity index is 517. The number of hydrogen-bond donors (Lipinski definition) is 2. The van der Waals surface area contributed by atoms with Crippen LogP contribution in [-0.4, -0.2) is 12.5 Å². The minimum absolute atomic E-state index is 0. The van der Waals surface area contributed by atoms with E-state index >= 15 is 0 Å². The maximum atomic E-state index is 5.95. The van der Waals surface area contributed by atoms with E-state index in [0.717, 1.165) is 37.9 Å². The van der Waals surface area contributed by atoms with Gasteiger partial charge >= 0.3 is 0 Å². The molecule has 0 atom stereocenters. The molecule has 0 saturated heterocycles. The molecule has 4 heteroatoms. The molecule has 0 saturated carbocycles. The van der Waals surface area contributed by atoms with Crippen molar-refractivity contribution in [1.29, 1.82) is 0 Å². The van der Waals surface area contributed by atoms with E-state index in [4.69, 9.17) is 12.2 Å². The molecule has 2 rings (SSSR count). The van der Waals surface area contributed by atoms with Gasteiger partial charge in [0.1, 0.15) is 0 Å². The van der Waals surface area contributed by atoms with E-state index in [1.165, 1.54) is 30.4 Å². The van der Waals surface area contributed by atoms with E-state index in [-0.39, 0.29) is 24.0 Å². The number of benzene rings is 1. The number of aliphatic imine (C=N–C) groups is 1. The minimum Gasteiger partial charge on any atom is -0.370 e. The fraction of sp³-hybridized carbons (Fsp3) is 0.471. The number of guanidine groups is 1. The fourth-order valence-corrected chi connectivity index (χ4v) is 2.61.